The van der Waals surface area contributed by atoms with Crippen LogP contribution in [0.25, 0.3) is 0 Å². The van der Waals surface area contributed by atoms with Gasteiger partial charge in [0.15, 0.2) is 0 Å². The Morgan fingerprint density at radius 2 is 1.73 bits per heavy atom. The van der Waals surface area contributed by atoms with Crippen molar-refractivity contribution in [2.45, 2.75) is 33.6 Å². The lowest BCUT2D eigenvalue weighted by atomic mass is 9.75. The van der Waals surface area contributed by atoms with Gasteiger partial charge < -0.3 is 9.47 Å². The lowest BCUT2D eigenvalue weighted by molar-refractivity contribution is -0.146. The maximum Gasteiger partial charge on any atom is 0.336 e. The molecule has 0 saturated heterocycles. The zero-order valence-corrected chi connectivity index (χ0v) is 16.6. The maximum atomic E-state index is 12.6. The average molecular weight is 398 g/mol. The van der Waals surface area contributed by atoms with Gasteiger partial charge in [0, 0.05) is 17.3 Å². The van der Waals surface area contributed by atoms with Crippen molar-refractivity contribution < 1.29 is 19.1 Å². The second-order valence-electron chi connectivity index (χ2n) is 5.85. The van der Waals surface area contributed by atoms with Crippen LogP contribution in [0.5, 0.6) is 0 Å². The number of halogens is 2. The normalized spacial score (nSPS) is 19.8. The van der Waals surface area contributed by atoms with Crippen molar-refractivity contribution in [3.05, 3.63) is 45.1 Å². The van der Waals surface area contributed by atoms with E-state index in [1.54, 1.807) is 45.9 Å². The van der Waals surface area contributed by atoms with Crippen LogP contribution >= 0.6 is 23.2 Å². The van der Waals surface area contributed by atoms with Gasteiger partial charge in [0.05, 0.1) is 28.8 Å². The van der Waals surface area contributed by atoms with Crippen LogP contribution in [-0.4, -0.2) is 30.9 Å². The zero-order chi connectivity index (χ0) is 19.4. The molecule has 1 aromatic carbocycles. The number of ether oxygens (including phenoxy) is 2. The summed E-state index contributed by atoms with van der Waals surface area (Å²) >= 11 is 12.2. The molecule has 0 aliphatic carbocycles. The van der Waals surface area contributed by atoms with Crippen LogP contribution in [0.15, 0.2) is 34.5 Å². The number of nitrogens with zero attached hydrogens (tertiary/aromatic N) is 1. The van der Waals surface area contributed by atoms with E-state index in [4.69, 9.17) is 32.7 Å². The molecule has 7 heteroatoms. The van der Waals surface area contributed by atoms with E-state index < -0.39 is 23.8 Å². The molecule has 0 saturated carbocycles. The van der Waals surface area contributed by atoms with Crippen molar-refractivity contribution in [2.75, 3.05) is 13.2 Å². The van der Waals surface area contributed by atoms with Gasteiger partial charge in [-0.05, 0) is 45.4 Å². The first kappa shape index (κ1) is 20.5. The Morgan fingerprint density at radius 3 is 2.31 bits per heavy atom. The van der Waals surface area contributed by atoms with Gasteiger partial charge in [-0.25, -0.2) is 4.79 Å². The predicted molar refractivity (Wildman–Crippen MR) is 102 cm³/mol. The largest absolute Gasteiger partial charge is 0.465 e. The molecule has 5 nitrogen and oxygen atoms in total. The van der Waals surface area contributed by atoms with Crippen LogP contribution in [0.3, 0.4) is 0 Å². The summed E-state index contributed by atoms with van der Waals surface area (Å²) in [6, 6.07) is 5.04. The fourth-order valence-corrected chi connectivity index (χ4v) is 3.42. The predicted octanol–water partition coefficient (Wildman–Crippen LogP) is 4.57. The van der Waals surface area contributed by atoms with Gasteiger partial charge in [0.2, 0.25) is 0 Å². The molecular weight excluding hydrogens is 377 g/mol. The highest BCUT2D eigenvalue weighted by Crippen LogP contribution is 2.41. The summed E-state index contributed by atoms with van der Waals surface area (Å²) < 4.78 is 10.4. The van der Waals surface area contributed by atoms with Crippen molar-refractivity contribution >= 4 is 40.9 Å². The van der Waals surface area contributed by atoms with Crippen molar-refractivity contribution in [3.8, 4) is 0 Å². The first-order valence-electron chi connectivity index (χ1n) is 8.36. The number of carbonyl (C=O) groups is 2. The number of esters is 2. The monoisotopic (exact) mass is 397 g/mol. The van der Waals surface area contributed by atoms with E-state index in [-0.39, 0.29) is 13.2 Å². The summed E-state index contributed by atoms with van der Waals surface area (Å²) in [5.41, 5.74) is 2.09. The molecule has 26 heavy (non-hydrogen) atoms. The molecule has 1 aliphatic rings. The molecule has 0 bridgehead atoms. The standard InChI is InChI=1S/C19H21Cl2NO4/c1-5-25-18(23)15-10(3)22-11(4)16(19(24)26-6-2)17(15)12-7-8-13(20)14(21)9-12/h7-9,15,17H,5-6H2,1-4H3/t15?,17-/m1/s1. The SMILES string of the molecule is CCOC(=O)C1=C(C)N=C(C)C(C(=O)OCC)[C@H]1c1ccc(Cl)c(Cl)c1. The molecular formula is C19H21Cl2NO4. The third-order valence-electron chi connectivity index (χ3n) is 4.17. The third kappa shape index (κ3) is 4.10. The Hall–Kier alpha value is -1.85. The molecule has 0 radical (unpaired) electrons. The van der Waals surface area contributed by atoms with Crippen LogP contribution in [0.1, 0.15) is 39.2 Å². The Bertz CT molecular complexity index is 786. The summed E-state index contributed by atoms with van der Waals surface area (Å²) in [6.45, 7) is 7.38. The van der Waals surface area contributed by atoms with E-state index in [9.17, 15) is 9.59 Å². The van der Waals surface area contributed by atoms with Gasteiger partial charge >= 0.3 is 11.9 Å². The van der Waals surface area contributed by atoms with Crippen molar-refractivity contribution in [1.82, 2.24) is 0 Å². The van der Waals surface area contributed by atoms with E-state index in [0.717, 1.165) is 0 Å². The molecule has 0 aromatic heterocycles. The van der Waals surface area contributed by atoms with E-state index in [2.05, 4.69) is 4.99 Å². The fraction of sp³-hybridized carbons (Fsp3) is 0.421. The number of carbonyl (C=O) groups excluding carboxylic acids is 2. The number of rotatable bonds is 5. The summed E-state index contributed by atoms with van der Waals surface area (Å²) in [7, 11) is 0. The number of hydrogen-bond donors (Lipinski definition) is 0. The van der Waals surface area contributed by atoms with E-state index >= 15 is 0 Å². The van der Waals surface area contributed by atoms with E-state index in [0.29, 0.717) is 32.6 Å². The molecule has 0 amide bonds. The first-order chi connectivity index (χ1) is 12.3. The van der Waals surface area contributed by atoms with Gasteiger partial charge in [-0.3, -0.25) is 9.79 Å². The highest BCUT2D eigenvalue weighted by molar-refractivity contribution is 6.42. The lowest BCUT2D eigenvalue weighted by Crippen LogP contribution is -2.36. The Labute approximate surface area is 163 Å². The van der Waals surface area contributed by atoms with Gasteiger partial charge in [-0.2, -0.15) is 0 Å². The summed E-state index contributed by atoms with van der Waals surface area (Å²) in [4.78, 5) is 29.7. The second kappa shape index (κ2) is 8.69. The minimum atomic E-state index is -0.740. The average Bonchev–Trinajstić information content (AvgIpc) is 2.57. The number of benzene rings is 1. The number of aliphatic imine (C=N–C) groups is 1. The summed E-state index contributed by atoms with van der Waals surface area (Å²) in [5.74, 6) is -2.30. The Kier molecular flexibility index (Phi) is 6.84. The van der Waals surface area contributed by atoms with Gasteiger partial charge in [-0.1, -0.05) is 29.3 Å². The number of hydrogen-bond acceptors (Lipinski definition) is 5. The van der Waals surface area contributed by atoms with Crippen LogP contribution < -0.4 is 0 Å². The quantitative estimate of drug-likeness (QED) is 0.682. The minimum absolute atomic E-state index is 0.219. The summed E-state index contributed by atoms with van der Waals surface area (Å²) in [6.07, 6.45) is 0. The molecule has 1 heterocycles. The fourth-order valence-electron chi connectivity index (χ4n) is 3.11. The Morgan fingerprint density at radius 1 is 1.08 bits per heavy atom. The lowest BCUT2D eigenvalue weighted by Gasteiger charge is -2.31. The van der Waals surface area contributed by atoms with Gasteiger partial charge in [-0.15, -0.1) is 0 Å². The minimum Gasteiger partial charge on any atom is -0.465 e. The van der Waals surface area contributed by atoms with Crippen LogP contribution in [0.2, 0.25) is 10.0 Å². The highest BCUT2D eigenvalue weighted by atomic mass is 35.5. The third-order valence-corrected chi connectivity index (χ3v) is 4.91. The molecule has 0 spiro atoms. The first-order valence-corrected chi connectivity index (χ1v) is 9.12. The van der Waals surface area contributed by atoms with E-state index in [1.165, 1.54) is 0 Å². The molecule has 140 valence electrons. The molecule has 1 unspecified atom stereocenters. The molecule has 1 aliphatic heterocycles. The highest BCUT2D eigenvalue weighted by Gasteiger charge is 2.42. The zero-order valence-electron chi connectivity index (χ0n) is 15.1. The molecule has 1 aromatic rings. The van der Waals surface area contributed by atoms with Gasteiger partial charge in [0.25, 0.3) is 0 Å². The summed E-state index contributed by atoms with van der Waals surface area (Å²) in [5, 5.41) is 0.732. The molecule has 0 fully saturated rings. The molecule has 0 N–H and O–H groups in total. The van der Waals surface area contributed by atoms with Crippen molar-refractivity contribution in [1.29, 1.82) is 0 Å². The second-order valence-corrected chi connectivity index (χ2v) is 6.67. The van der Waals surface area contributed by atoms with Crippen molar-refractivity contribution in [2.24, 2.45) is 10.9 Å². The molecule has 2 atom stereocenters. The maximum absolute atomic E-state index is 12.6. The van der Waals surface area contributed by atoms with Crippen LogP contribution in [0.4, 0.5) is 0 Å². The van der Waals surface area contributed by atoms with Crippen molar-refractivity contribution in [3.63, 3.8) is 0 Å². The van der Waals surface area contributed by atoms with Crippen LogP contribution in [-0.2, 0) is 19.1 Å². The van der Waals surface area contributed by atoms with Gasteiger partial charge in [0.1, 0.15) is 5.92 Å². The topological polar surface area (TPSA) is 65.0 Å². The number of allylic oxidation sites excluding steroid dienone is 1. The van der Waals surface area contributed by atoms with E-state index in [1.807, 2.05) is 0 Å². The van der Waals surface area contributed by atoms with Crippen LogP contribution in [0, 0.1) is 5.92 Å². The Balaban J connectivity index is 2.65. The molecule has 2 rings (SSSR count). The smallest absolute Gasteiger partial charge is 0.336 e.